The fourth-order valence-electron chi connectivity index (χ4n) is 1.80. The minimum Gasteiger partial charge on any atom is -0.0843 e. The number of hydrogen-bond acceptors (Lipinski definition) is 0. The van der Waals surface area contributed by atoms with Crippen molar-refractivity contribution in [1.82, 2.24) is 0 Å². The molecule has 0 bridgehead atoms. The fraction of sp³-hybridized carbons (Fsp3) is 0.429. The Morgan fingerprint density at radius 1 is 1.33 bits per heavy atom. The van der Waals surface area contributed by atoms with Gasteiger partial charge in [-0.05, 0) is 48.6 Å². The predicted molar refractivity (Wildman–Crippen MR) is 69.4 cm³/mol. The van der Waals surface area contributed by atoms with E-state index in [1.807, 2.05) is 6.07 Å². The molecule has 0 atom stereocenters. The lowest BCUT2D eigenvalue weighted by Gasteiger charge is -2.10. The minimum absolute atomic E-state index is 0.828. The van der Waals surface area contributed by atoms with Crippen molar-refractivity contribution in [3.63, 3.8) is 0 Å². The van der Waals surface area contributed by atoms with Crippen molar-refractivity contribution >= 4 is 17.2 Å². The van der Waals surface area contributed by atoms with Crippen LogP contribution in [0.4, 0.5) is 0 Å². The Kier molecular flexibility index (Phi) is 4.90. The summed E-state index contributed by atoms with van der Waals surface area (Å²) in [5.41, 5.74) is 4.05. The van der Waals surface area contributed by atoms with Gasteiger partial charge in [0.25, 0.3) is 0 Å². The number of rotatable bonds is 4. The molecule has 0 aromatic heterocycles. The summed E-state index contributed by atoms with van der Waals surface area (Å²) in [5, 5.41) is 0.828. The molecule has 0 saturated carbocycles. The van der Waals surface area contributed by atoms with Crippen LogP contribution in [-0.4, -0.2) is 0 Å². The highest BCUT2D eigenvalue weighted by Gasteiger charge is 2.04. The first-order chi connectivity index (χ1) is 7.19. The molecule has 0 heterocycles. The maximum Gasteiger partial charge on any atom is 0.0412 e. The lowest BCUT2D eigenvalue weighted by atomic mass is 9.96. The molecule has 1 rings (SSSR count). The van der Waals surface area contributed by atoms with Crippen LogP contribution in [0.1, 0.15) is 44.2 Å². The maximum atomic E-state index is 6.03. The standard InChI is InChI=1S/C14H19Cl/c1-4-6-12(7-5-2)14-10-13(15)9-8-11(14)3/h6,8-10H,4-5,7H2,1-3H3/b12-6+. The van der Waals surface area contributed by atoms with Crippen molar-refractivity contribution in [2.24, 2.45) is 0 Å². The van der Waals surface area contributed by atoms with Gasteiger partial charge in [-0.3, -0.25) is 0 Å². The summed E-state index contributed by atoms with van der Waals surface area (Å²) in [7, 11) is 0. The van der Waals surface area contributed by atoms with Gasteiger partial charge >= 0.3 is 0 Å². The number of aryl methyl sites for hydroxylation is 1. The average Bonchev–Trinajstić information content (AvgIpc) is 2.21. The zero-order valence-electron chi connectivity index (χ0n) is 9.81. The first kappa shape index (κ1) is 12.3. The van der Waals surface area contributed by atoms with Gasteiger partial charge in [0.2, 0.25) is 0 Å². The Morgan fingerprint density at radius 3 is 2.67 bits per heavy atom. The van der Waals surface area contributed by atoms with Crippen molar-refractivity contribution in [2.45, 2.75) is 40.0 Å². The summed E-state index contributed by atoms with van der Waals surface area (Å²) in [5.74, 6) is 0. The molecular weight excluding hydrogens is 204 g/mol. The normalized spacial score (nSPS) is 11.9. The van der Waals surface area contributed by atoms with Gasteiger partial charge in [0.05, 0.1) is 0 Å². The second kappa shape index (κ2) is 5.97. The highest BCUT2D eigenvalue weighted by Crippen LogP contribution is 2.26. The number of benzene rings is 1. The average molecular weight is 223 g/mol. The summed E-state index contributed by atoms with van der Waals surface area (Å²) in [6, 6.07) is 6.13. The third-order valence-electron chi connectivity index (χ3n) is 2.52. The summed E-state index contributed by atoms with van der Waals surface area (Å²) in [6.45, 7) is 6.53. The predicted octanol–water partition coefficient (Wildman–Crippen LogP) is 5.24. The molecule has 1 aromatic carbocycles. The molecule has 0 fully saturated rings. The molecule has 0 aliphatic heterocycles. The smallest absolute Gasteiger partial charge is 0.0412 e. The van der Waals surface area contributed by atoms with Crippen LogP contribution in [0.2, 0.25) is 5.02 Å². The summed E-state index contributed by atoms with van der Waals surface area (Å²) < 4.78 is 0. The van der Waals surface area contributed by atoms with E-state index in [1.54, 1.807) is 0 Å². The zero-order valence-corrected chi connectivity index (χ0v) is 10.6. The van der Waals surface area contributed by atoms with Crippen LogP contribution in [-0.2, 0) is 0 Å². The minimum atomic E-state index is 0.828. The fourth-order valence-corrected chi connectivity index (χ4v) is 1.97. The zero-order chi connectivity index (χ0) is 11.3. The Balaban J connectivity index is 3.10. The third kappa shape index (κ3) is 3.39. The van der Waals surface area contributed by atoms with E-state index in [4.69, 9.17) is 11.6 Å². The van der Waals surface area contributed by atoms with Crippen molar-refractivity contribution in [2.75, 3.05) is 0 Å². The van der Waals surface area contributed by atoms with Gasteiger partial charge in [-0.15, -0.1) is 0 Å². The molecule has 0 saturated heterocycles. The quantitative estimate of drug-likeness (QED) is 0.654. The number of halogens is 1. The second-order valence-corrected chi connectivity index (χ2v) is 4.28. The molecule has 0 radical (unpaired) electrons. The molecule has 0 aliphatic carbocycles. The summed E-state index contributed by atoms with van der Waals surface area (Å²) in [6.07, 6.45) is 5.70. The Morgan fingerprint density at radius 2 is 2.07 bits per heavy atom. The molecule has 0 N–H and O–H groups in total. The van der Waals surface area contributed by atoms with E-state index in [-0.39, 0.29) is 0 Å². The molecular formula is C14H19Cl. The molecule has 0 amide bonds. The summed E-state index contributed by atoms with van der Waals surface area (Å²) in [4.78, 5) is 0. The number of hydrogen-bond donors (Lipinski definition) is 0. The highest BCUT2D eigenvalue weighted by atomic mass is 35.5. The first-order valence-electron chi connectivity index (χ1n) is 5.64. The van der Waals surface area contributed by atoms with Gasteiger partial charge in [-0.2, -0.15) is 0 Å². The van der Waals surface area contributed by atoms with Crippen molar-refractivity contribution in [1.29, 1.82) is 0 Å². The molecule has 1 aromatic rings. The molecule has 0 spiro atoms. The Hall–Kier alpha value is -0.750. The third-order valence-corrected chi connectivity index (χ3v) is 2.75. The summed E-state index contributed by atoms with van der Waals surface area (Å²) >= 11 is 6.03. The molecule has 15 heavy (non-hydrogen) atoms. The van der Waals surface area contributed by atoms with Crippen molar-refractivity contribution in [3.8, 4) is 0 Å². The van der Waals surface area contributed by atoms with Crippen molar-refractivity contribution < 1.29 is 0 Å². The van der Waals surface area contributed by atoms with Crippen LogP contribution >= 0.6 is 11.6 Å². The van der Waals surface area contributed by atoms with E-state index in [0.717, 1.165) is 17.9 Å². The SMILES string of the molecule is CC/C=C(\CCC)c1cc(Cl)ccc1C. The first-order valence-corrected chi connectivity index (χ1v) is 6.02. The molecule has 0 aliphatic rings. The van der Waals surface area contributed by atoms with Crippen LogP contribution in [0.25, 0.3) is 5.57 Å². The molecule has 0 nitrogen and oxygen atoms in total. The lowest BCUT2D eigenvalue weighted by Crippen LogP contribution is -1.89. The van der Waals surface area contributed by atoms with Gasteiger partial charge in [-0.25, -0.2) is 0 Å². The van der Waals surface area contributed by atoms with Gasteiger partial charge in [0.1, 0.15) is 0 Å². The van der Waals surface area contributed by atoms with Crippen LogP contribution in [0.15, 0.2) is 24.3 Å². The van der Waals surface area contributed by atoms with E-state index in [9.17, 15) is 0 Å². The van der Waals surface area contributed by atoms with Gasteiger partial charge in [0, 0.05) is 5.02 Å². The molecule has 0 unspecified atom stereocenters. The largest absolute Gasteiger partial charge is 0.0843 e. The van der Waals surface area contributed by atoms with Crippen LogP contribution < -0.4 is 0 Å². The van der Waals surface area contributed by atoms with Gasteiger partial charge < -0.3 is 0 Å². The monoisotopic (exact) mass is 222 g/mol. The van der Waals surface area contributed by atoms with Gasteiger partial charge in [-0.1, -0.05) is 44.0 Å². The molecule has 82 valence electrons. The number of allylic oxidation sites excluding steroid dienone is 2. The van der Waals surface area contributed by atoms with E-state index in [0.29, 0.717) is 0 Å². The molecule has 1 heteroatoms. The Labute approximate surface area is 98.0 Å². The van der Waals surface area contributed by atoms with E-state index in [1.165, 1.54) is 23.1 Å². The van der Waals surface area contributed by atoms with E-state index < -0.39 is 0 Å². The van der Waals surface area contributed by atoms with Crippen molar-refractivity contribution in [3.05, 3.63) is 40.4 Å². The van der Waals surface area contributed by atoms with Crippen LogP contribution in [0.3, 0.4) is 0 Å². The van der Waals surface area contributed by atoms with Crippen LogP contribution in [0.5, 0.6) is 0 Å². The maximum absolute atomic E-state index is 6.03. The highest BCUT2D eigenvalue weighted by molar-refractivity contribution is 6.30. The van der Waals surface area contributed by atoms with E-state index >= 15 is 0 Å². The topological polar surface area (TPSA) is 0 Å². The Bertz CT molecular complexity index is 350. The lowest BCUT2D eigenvalue weighted by molar-refractivity contribution is 0.966. The van der Waals surface area contributed by atoms with E-state index in [2.05, 4.69) is 39.0 Å². The van der Waals surface area contributed by atoms with Crippen LogP contribution in [0, 0.1) is 6.92 Å². The van der Waals surface area contributed by atoms with Gasteiger partial charge in [0.15, 0.2) is 0 Å². The second-order valence-electron chi connectivity index (χ2n) is 3.85.